The molecule has 0 fully saturated rings. The molecular weight excluding hydrogens is 250 g/mol. The van der Waals surface area contributed by atoms with E-state index in [2.05, 4.69) is 5.18 Å². The van der Waals surface area contributed by atoms with E-state index in [1.807, 2.05) is 32.1 Å². The summed E-state index contributed by atoms with van der Waals surface area (Å²) >= 11 is 1.25. The van der Waals surface area contributed by atoms with E-state index in [4.69, 9.17) is 4.74 Å². The van der Waals surface area contributed by atoms with Gasteiger partial charge in [0.1, 0.15) is 5.76 Å². The monoisotopic (exact) mass is 265 g/mol. The van der Waals surface area contributed by atoms with Gasteiger partial charge in [-0.15, -0.1) is 16.2 Å². The van der Waals surface area contributed by atoms with Crippen LogP contribution in [0.1, 0.15) is 34.8 Å². The van der Waals surface area contributed by atoms with Crippen LogP contribution in [0.4, 0.5) is 0 Å². The van der Waals surface area contributed by atoms with Gasteiger partial charge in [-0.1, -0.05) is 13.0 Å². The highest BCUT2D eigenvalue weighted by Gasteiger charge is 2.13. The molecule has 4 nitrogen and oxygen atoms in total. The van der Waals surface area contributed by atoms with Gasteiger partial charge in [-0.05, 0) is 31.6 Å². The van der Waals surface area contributed by atoms with Gasteiger partial charge in [0.05, 0.1) is 12.0 Å². The van der Waals surface area contributed by atoms with Gasteiger partial charge in [-0.25, -0.2) is 0 Å². The van der Waals surface area contributed by atoms with E-state index in [0.717, 1.165) is 22.6 Å². The van der Waals surface area contributed by atoms with Crippen molar-refractivity contribution in [2.24, 2.45) is 5.18 Å². The lowest BCUT2D eigenvalue weighted by atomic mass is 10.1. The second kappa shape index (κ2) is 6.86. The molecule has 96 valence electrons. The highest BCUT2D eigenvalue weighted by Crippen LogP contribution is 2.30. The van der Waals surface area contributed by atoms with Gasteiger partial charge in [-0.3, -0.25) is 4.79 Å². The van der Waals surface area contributed by atoms with E-state index < -0.39 is 5.91 Å². The first-order chi connectivity index (χ1) is 8.67. The van der Waals surface area contributed by atoms with Crippen molar-refractivity contribution in [1.82, 2.24) is 0 Å². The summed E-state index contributed by atoms with van der Waals surface area (Å²) in [5, 5.41) is 2.42. The first-order valence-electron chi connectivity index (χ1n) is 5.55. The van der Waals surface area contributed by atoms with Crippen LogP contribution in [0.3, 0.4) is 0 Å². The van der Waals surface area contributed by atoms with E-state index in [-0.39, 0.29) is 0 Å². The van der Waals surface area contributed by atoms with Crippen LogP contribution >= 0.6 is 11.3 Å². The van der Waals surface area contributed by atoms with Crippen LogP contribution in [0.2, 0.25) is 0 Å². The summed E-state index contributed by atoms with van der Waals surface area (Å²) in [4.78, 5) is 22.6. The quantitative estimate of drug-likeness (QED) is 0.459. The van der Waals surface area contributed by atoms with Crippen LogP contribution in [0.15, 0.2) is 35.2 Å². The first-order valence-corrected chi connectivity index (χ1v) is 6.37. The van der Waals surface area contributed by atoms with E-state index in [1.165, 1.54) is 11.3 Å². The highest BCUT2D eigenvalue weighted by atomic mass is 32.1. The van der Waals surface area contributed by atoms with Crippen LogP contribution < -0.4 is 0 Å². The number of rotatable bonds is 5. The van der Waals surface area contributed by atoms with Crippen molar-refractivity contribution in [3.8, 4) is 0 Å². The Bertz CT molecular complexity index is 500. The lowest BCUT2D eigenvalue weighted by molar-refractivity contribution is 0.100. The maximum absolute atomic E-state index is 11.2. The topological polar surface area (TPSA) is 55.7 Å². The van der Waals surface area contributed by atoms with Crippen molar-refractivity contribution >= 4 is 22.8 Å². The normalized spacial score (nSPS) is 12.4. The third-order valence-electron chi connectivity index (χ3n) is 2.39. The first kappa shape index (κ1) is 14.3. The summed E-state index contributed by atoms with van der Waals surface area (Å²) in [6.07, 6.45) is 4.54. The average Bonchev–Trinajstić information content (AvgIpc) is 2.87. The zero-order chi connectivity index (χ0) is 13.5. The number of allylic oxidation sites excluding steroid dienone is 3. The zero-order valence-corrected chi connectivity index (χ0v) is 11.4. The smallest absolute Gasteiger partial charge is 0.326 e. The number of nitroso groups, excluding NO2 is 1. The Labute approximate surface area is 110 Å². The molecule has 0 radical (unpaired) electrons. The predicted molar refractivity (Wildman–Crippen MR) is 73.5 cm³/mol. The number of carbonyl (C=O) groups excluding carboxylic acids is 1. The van der Waals surface area contributed by atoms with Crippen LogP contribution in [0.5, 0.6) is 0 Å². The van der Waals surface area contributed by atoms with Crippen LogP contribution in [0, 0.1) is 4.91 Å². The van der Waals surface area contributed by atoms with Gasteiger partial charge in [0.2, 0.25) is 0 Å². The molecule has 0 unspecified atom stereocenters. The fraction of sp³-hybridized carbons (Fsp3) is 0.308. The fourth-order valence-corrected chi connectivity index (χ4v) is 2.57. The van der Waals surface area contributed by atoms with E-state index in [9.17, 15) is 9.70 Å². The van der Waals surface area contributed by atoms with Gasteiger partial charge in [0.25, 0.3) is 0 Å². The molecule has 18 heavy (non-hydrogen) atoms. The number of nitrogens with zero attached hydrogens (tertiary/aromatic N) is 1. The lowest BCUT2D eigenvalue weighted by Gasteiger charge is -2.07. The fourth-order valence-electron chi connectivity index (χ4n) is 1.57. The molecule has 0 spiro atoms. The Kier molecular flexibility index (Phi) is 5.45. The number of methoxy groups -OCH3 is 1. The Hall–Kier alpha value is -1.75. The molecule has 0 aromatic carbocycles. The summed E-state index contributed by atoms with van der Waals surface area (Å²) in [5.41, 5.74) is 1.01. The number of amides is 1. The summed E-state index contributed by atoms with van der Waals surface area (Å²) < 4.78 is 5.32. The van der Waals surface area contributed by atoms with Crippen molar-refractivity contribution < 1.29 is 9.53 Å². The van der Waals surface area contributed by atoms with Crippen molar-refractivity contribution in [1.29, 1.82) is 0 Å². The zero-order valence-electron chi connectivity index (χ0n) is 10.6. The molecular formula is C13H15NO3S. The number of carbonyl (C=O) groups is 1. The molecule has 0 atom stereocenters. The minimum atomic E-state index is -0.730. The molecule has 0 aliphatic carbocycles. The largest absolute Gasteiger partial charge is 0.496 e. The average molecular weight is 265 g/mol. The van der Waals surface area contributed by atoms with Gasteiger partial charge in [0.15, 0.2) is 0 Å². The molecule has 0 saturated carbocycles. The minimum Gasteiger partial charge on any atom is -0.496 e. The van der Waals surface area contributed by atoms with Crippen LogP contribution in [-0.2, 0) is 4.74 Å². The van der Waals surface area contributed by atoms with Gasteiger partial charge in [0, 0.05) is 15.6 Å². The lowest BCUT2D eigenvalue weighted by Crippen LogP contribution is -1.90. The maximum atomic E-state index is 11.2. The molecule has 0 bridgehead atoms. The number of hydrogen-bond acceptors (Lipinski definition) is 4. The molecule has 1 aromatic heterocycles. The summed E-state index contributed by atoms with van der Waals surface area (Å²) in [6, 6.07) is 3.42. The minimum absolute atomic E-state index is 0.349. The molecule has 1 heterocycles. The van der Waals surface area contributed by atoms with Crippen molar-refractivity contribution in [2.45, 2.75) is 20.3 Å². The Morgan fingerprint density at radius 2 is 2.11 bits per heavy atom. The van der Waals surface area contributed by atoms with Crippen molar-refractivity contribution in [3.63, 3.8) is 0 Å². The highest BCUT2D eigenvalue weighted by molar-refractivity contribution is 7.15. The number of ether oxygens (including phenoxy) is 1. The third-order valence-corrected chi connectivity index (χ3v) is 3.52. The summed E-state index contributed by atoms with van der Waals surface area (Å²) in [5.74, 6) is 0.0339. The Morgan fingerprint density at radius 1 is 1.44 bits per heavy atom. The predicted octanol–water partition coefficient (Wildman–Crippen LogP) is 4.00. The second-order valence-electron chi connectivity index (χ2n) is 3.46. The molecule has 0 aliphatic rings. The van der Waals surface area contributed by atoms with Gasteiger partial charge in [-0.2, -0.15) is 0 Å². The number of thiophene rings is 1. The molecule has 0 N–H and O–H groups in total. The van der Waals surface area contributed by atoms with Gasteiger partial charge >= 0.3 is 5.91 Å². The third kappa shape index (κ3) is 3.13. The Balaban J connectivity index is 3.20. The van der Waals surface area contributed by atoms with E-state index in [0.29, 0.717) is 4.88 Å². The number of hydrogen-bond donors (Lipinski definition) is 0. The molecule has 1 rings (SSSR count). The summed E-state index contributed by atoms with van der Waals surface area (Å²) in [6.45, 7) is 3.92. The maximum Gasteiger partial charge on any atom is 0.326 e. The SMILES string of the molecule is C/C=C\C(OC)=C(/CC)c1ccc(C(=O)N=O)s1. The summed E-state index contributed by atoms with van der Waals surface area (Å²) in [7, 11) is 1.61. The van der Waals surface area contributed by atoms with Crippen molar-refractivity contribution in [3.05, 3.63) is 44.7 Å². The molecule has 1 aromatic rings. The standard InChI is InChI=1S/C13H15NO3S/c1-4-6-10(17-3)9(5-2)11-7-8-12(18-11)13(15)14-16/h4,6-8H,5H2,1-3H3/b6-4-,10-9-. The molecule has 0 aliphatic heterocycles. The second-order valence-corrected chi connectivity index (χ2v) is 4.54. The molecule has 1 amide bonds. The van der Waals surface area contributed by atoms with Gasteiger partial charge < -0.3 is 4.74 Å². The molecule has 5 heteroatoms. The van der Waals surface area contributed by atoms with Crippen LogP contribution in [-0.4, -0.2) is 13.0 Å². The van der Waals surface area contributed by atoms with Crippen molar-refractivity contribution in [2.75, 3.05) is 7.11 Å². The molecule has 0 saturated heterocycles. The van der Waals surface area contributed by atoms with E-state index >= 15 is 0 Å². The van der Waals surface area contributed by atoms with Crippen LogP contribution in [0.25, 0.3) is 5.57 Å². The Morgan fingerprint density at radius 3 is 2.61 bits per heavy atom. The van der Waals surface area contributed by atoms with E-state index in [1.54, 1.807) is 13.2 Å².